The highest BCUT2D eigenvalue weighted by molar-refractivity contribution is 5.95. The number of halogens is 1. The van der Waals surface area contributed by atoms with Gasteiger partial charge in [0.15, 0.2) is 0 Å². The van der Waals surface area contributed by atoms with Crippen LogP contribution < -0.4 is 10.1 Å². The highest BCUT2D eigenvalue weighted by Gasteiger charge is 2.25. The number of hydrogen-bond acceptors (Lipinski definition) is 4. The van der Waals surface area contributed by atoms with E-state index in [0.717, 1.165) is 37.2 Å². The van der Waals surface area contributed by atoms with Gasteiger partial charge in [-0.25, -0.2) is 9.07 Å². The van der Waals surface area contributed by atoms with Gasteiger partial charge in [0.05, 0.1) is 30.6 Å². The van der Waals surface area contributed by atoms with Crippen molar-refractivity contribution in [3.05, 3.63) is 77.4 Å². The molecule has 0 spiro atoms. The van der Waals surface area contributed by atoms with E-state index in [-0.39, 0.29) is 17.8 Å². The standard InChI is InChI=1S/C24H27FN4O2/c1-17-20(15-27-29(17)22-8-4-3-7-21(22)25)24(30)26-16-23(28-13-5-6-14-28)18-9-11-19(31-2)12-10-18/h3-4,7-12,15,23H,5-6,13-14,16H2,1-2H3,(H,26,30). The third kappa shape index (κ3) is 4.46. The van der Waals surface area contributed by atoms with Crippen LogP contribution in [-0.2, 0) is 0 Å². The summed E-state index contributed by atoms with van der Waals surface area (Å²) in [4.78, 5) is 15.3. The maximum atomic E-state index is 14.2. The average molecular weight is 423 g/mol. The Morgan fingerprint density at radius 2 is 1.87 bits per heavy atom. The van der Waals surface area contributed by atoms with Crippen molar-refractivity contribution in [3.63, 3.8) is 0 Å². The van der Waals surface area contributed by atoms with E-state index < -0.39 is 0 Å². The van der Waals surface area contributed by atoms with E-state index in [9.17, 15) is 9.18 Å². The Hall–Kier alpha value is -3.19. The molecule has 4 rings (SSSR count). The molecule has 1 aliphatic rings. The number of rotatable bonds is 7. The van der Waals surface area contributed by atoms with Crippen LogP contribution in [0.1, 0.15) is 40.5 Å². The third-order valence-corrected chi connectivity index (χ3v) is 5.87. The monoisotopic (exact) mass is 422 g/mol. The number of hydrogen-bond donors (Lipinski definition) is 1. The Balaban J connectivity index is 1.51. The minimum Gasteiger partial charge on any atom is -0.497 e. The number of aromatic nitrogens is 2. The van der Waals surface area contributed by atoms with Crippen LogP contribution in [0.15, 0.2) is 54.7 Å². The summed E-state index contributed by atoms with van der Waals surface area (Å²) < 4.78 is 20.9. The second-order valence-electron chi connectivity index (χ2n) is 7.75. The highest BCUT2D eigenvalue weighted by Crippen LogP contribution is 2.26. The Morgan fingerprint density at radius 3 is 2.55 bits per heavy atom. The van der Waals surface area contributed by atoms with Crippen molar-refractivity contribution in [1.29, 1.82) is 0 Å². The van der Waals surface area contributed by atoms with Crippen LogP contribution in [0.2, 0.25) is 0 Å². The number of methoxy groups -OCH3 is 1. The SMILES string of the molecule is COc1ccc(C(CNC(=O)c2cnn(-c3ccccc3F)c2C)N2CCCC2)cc1. The molecular formula is C24H27FN4O2. The Labute approximate surface area is 181 Å². The lowest BCUT2D eigenvalue weighted by Gasteiger charge is -2.28. The molecule has 0 bridgehead atoms. The number of benzene rings is 2. The zero-order valence-corrected chi connectivity index (χ0v) is 17.8. The van der Waals surface area contributed by atoms with Gasteiger partial charge in [0, 0.05) is 6.54 Å². The predicted molar refractivity (Wildman–Crippen MR) is 117 cm³/mol. The molecule has 0 radical (unpaired) electrons. The number of ether oxygens (including phenoxy) is 1. The van der Waals surface area contributed by atoms with Crippen molar-refractivity contribution < 1.29 is 13.9 Å². The highest BCUT2D eigenvalue weighted by atomic mass is 19.1. The first-order valence-corrected chi connectivity index (χ1v) is 10.5. The van der Waals surface area contributed by atoms with Crippen molar-refractivity contribution in [3.8, 4) is 11.4 Å². The van der Waals surface area contributed by atoms with Gasteiger partial charge in [-0.05, 0) is 62.7 Å². The van der Waals surface area contributed by atoms with Crippen molar-refractivity contribution >= 4 is 5.91 Å². The maximum absolute atomic E-state index is 14.2. The third-order valence-electron chi connectivity index (χ3n) is 5.87. The topological polar surface area (TPSA) is 59.4 Å². The lowest BCUT2D eigenvalue weighted by atomic mass is 10.0. The summed E-state index contributed by atoms with van der Waals surface area (Å²) in [5.41, 5.74) is 2.51. The van der Waals surface area contributed by atoms with Crippen molar-refractivity contribution in [1.82, 2.24) is 20.0 Å². The average Bonchev–Trinajstić information content (AvgIpc) is 3.45. The molecule has 162 valence electrons. The van der Waals surface area contributed by atoms with Gasteiger partial charge < -0.3 is 10.1 Å². The van der Waals surface area contributed by atoms with Crippen LogP contribution in [0.4, 0.5) is 4.39 Å². The Kier molecular flexibility index (Phi) is 6.32. The number of amides is 1. The first-order valence-electron chi connectivity index (χ1n) is 10.5. The second kappa shape index (κ2) is 9.31. The summed E-state index contributed by atoms with van der Waals surface area (Å²) in [5, 5.41) is 7.31. The minimum absolute atomic E-state index is 0.0827. The van der Waals surface area contributed by atoms with E-state index in [1.165, 1.54) is 16.9 Å². The normalized spacial score (nSPS) is 15.1. The van der Waals surface area contributed by atoms with Crippen LogP contribution in [-0.4, -0.2) is 47.3 Å². The summed E-state index contributed by atoms with van der Waals surface area (Å²) in [6.07, 6.45) is 3.82. The van der Waals surface area contributed by atoms with E-state index >= 15 is 0 Å². The molecule has 1 atom stereocenters. The van der Waals surface area contributed by atoms with Crippen molar-refractivity contribution in [2.24, 2.45) is 0 Å². The lowest BCUT2D eigenvalue weighted by Crippen LogP contribution is -2.37. The van der Waals surface area contributed by atoms with Crippen LogP contribution in [0.25, 0.3) is 5.69 Å². The molecule has 0 saturated carbocycles. The number of nitrogens with one attached hydrogen (secondary N) is 1. The lowest BCUT2D eigenvalue weighted by molar-refractivity contribution is 0.0937. The van der Waals surface area contributed by atoms with E-state index in [1.807, 2.05) is 12.1 Å². The molecule has 31 heavy (non-hydrogen) atoms. The Morgan fingerprint density at radius 1 is 1.16 bits per heavy atom. The van der Waals surface area contributed by atoms with E-state index in [2.05, 4.69) is 27.4 Å². The molecule has 1 amide bonds. The van der Waals surface area contributed by atoms with Gasteiger partial charge in [0.2, 0.25) is 0 Å². The number of para-hydroxylation sites is 1. The van der Waals surface area contributed by atoms with Gasteiger partial charge in [0.25, 0.3) is 5.91 Å². The number of likely N-dealkylation sites (tertiary alicyclic amines) is 1. The van der Waals surface area contributed by atoms with Gasteiger partial charge in [-0.1, -0.05) is 24.3 Å². The van der Waals surface area contributed by atoms with Gasteiger partial charge in [-0.3, -0.25) is 9.69 Å². The first-order chi connectivity index (χ1) is 15.1. The van der Waals surface area contributed by atoms with Crippen LogP contribution in [0, 0.1) is 12.7 Å². The summed E-state index contributed by atoms with van der Waals surface area (Å²) in [6, 6.07) is 14.5. The van der Waals surface area contributed by atoms with Gasteiger partial charge in [-0.2, -0.15) is 5.10 Å². The molecule has 7 heteroatoms. The van der Waals surface area contributed by atoms with E-state index in [0.29, 0.717) is 23.5 Å². The largest absolute Gasteiger partial charge is 0.497 e. The van der Waals surface area contributed by atoms with Crippen LogP contribution in [0.5, 0.6) is 5.75 Å². The smallest absolute Gasteiger partial charge is 0.254 e. The molecule has 1 saturated heterocycles. The predicted octanol–water partition coefficient (Wildman–Crippen LogP) is 3.90. The summed E-state index contributed by atoms with van der Waals surface area (Å²) in [6.45, 7) is 4.28. The quantitative estimate of drug-likeness (QED) is 0.628. The first kappa shape index (κ1) is 21.1. The van der Waals surface area contributed by atoms with Gasteiger partial charge >= 0.3 is 0 Å². The van der Waals surface area contributed by atoms with Gasteiger partial charge in [-0.15, -0.1) is 0 Å². The molecule has 1 unspecified atom stereocenters. The molecule has 2 heterocycles. The molecule has 1 aromatic heterocycles. The number of carbonyl (C=O) groups is 1. The fraction of sp³-hybridized carbons (Fsp3) is 0.333. The molecule has 1 fully saturated rings. The summed E-state index contributed by atoms with van der Waals surface area (Å²) in [7, 11) is 1.65. The molecule has 0 aliphatic carbocycles. The fourth-order valence-electron chi connectivity index (χ4n) is 4.12. The molecule has 3 aromatic rings. The summed E-state index contributed by atoms with van der Waals surface area (Å²) in [5.74, 6) is 0.219. The second-order valence-corrected chi connectivity index (χ2v) is 7.75. The zero-order chi connectivity index (χ0) is 21.8. The zero-order valence-electron chi connectivity index (χ0n) is 17.8. The van der Waals surface area contributed by atoms with Crippen LogP contribution in [0.3, 0.4) is 0 Å². The van der Waals surface area contributed by atoms with Gasteiger partial charge in [0.1, 0.15) is 17.3 Å². The van der Waals surface area contributed by atoms with E-state index in [1.54, 1.807) is 32.2 Å². The molecule has 1 N–H and O–H groups in total. The molecular weight excluding hydrogens is 395 g/mol. The van der Waals surface area contributed by atoms with E-state index in [4.69, 9.17) is 4.74 Å². The molecule has 2 aromatic carbocycles. The van der Waals surface area contributed by atoms with Crippen molar-refractivity contribution in [2.45, 2.75) is 25.8 Å². The number of nitrogens with zero attached hydrogens (tertiary/aromatic N) is 3. The van der Waals surface area contributed by atoms with Crippen LogP contribution >= 0.6 is 0 Å². The fourth-order valence-corrected chi connectivity index (χ4v) is 4.12. The molecule has 6 nitrogen and oxygen atoms in total. The minimum atomic E-state index is -0.380. The molecule has 1 aliphatic heterocycles. The number of carbonyl (C=O) groups excluding carboxylic acids is 1. The van der Waals surface area contributed by atoms with Crippen molar-refractivity contribution in [2.75, 3.05) is 26.7 Å². The summed E-state index contributed by atoms with van der Waals surface area (Å²) >= 11 is 0. The Bertz CT molecular complexity index is 1040. The maximum Gasteiger partial charge on any atom is 0.254 e.